The van der Waals surface area contributed by atoms with Gasteiger partial charge in [-0.2, -0.15) is 0 Å². The van der Waals surface area contributed by atoms with E-state index in [0.29, 0.717) is 25.8 Å². The first kappa shape index (κ1) is 13.9. The van der Waals surface area contributed by atoms with Gasteiger partial charge in [0.25, 0.3) is 0 Å². The van der Waals surface area contributed by atoms with Crippen LogP contribution in [-0.4, -0.2) is 36.1 Å². The van der Waals surface area contributed by atoms with Gasteiger partial charge in [0.15, 0.2) is 0 Å². The maximum atomic E-state index is 11.4. The van der Waals surface area contributed by atoms with E-state index >= 15 is 0 Å². The number of rotatable bonds is 7. The molecule has 0 atom stereocenters. The van der Waals surface area contributed by atoms with Gasteiger partial charge in [0, 0.05) is 13.0 Å². The summed E-state index contributed by atoms with van der Waals surface area (Å²) in [6.45, 7) is 4.07. The van der Waals surface area contributed by atoms with Gasteiger partial charge in [0.05, 0.1) is 0 Å². The summed E-state index contributed by atoms with van der Waals surface area (Å²) in [5.74, 6) is -1.19. The number of amides is 1. The Labute approximate surface area is 90.2 Å². The molecule has 0 fully saturated rings. The van der Waals surface area contributed by atoms with Crippen molar-refractivity contribution in [3.63, 3.8) is 0 Å². The molecule has 0 unspecified atom stereocenters. The lowest BCUT2D eigenvalue weighted by Gasteiger charge is -2.28. The van der Waals surface area contributed by atoms with Crippen LogP contribution in [-0.2, 0) is 9.59 Å². The summed E-state index contributed by atoms with van der Waals surface area (Å²) in [5, 5.41) is 14.5. The van der Waals surface area contributed by atoms with E-state index in [-0.39, 0.29) is 5.91 Å². The lowest BCUT2D eigenvalue weighted by atomic mass is 9.93. The summed E-state index contributed by atoms with van der Waals surface area (Å²) in [6.07, 6.45) is 1.08. The zero-order chi connectivity index (χ0) is 11.9. The fourth-order valence-electron chi connectivity index (χ4n) is 1.35. The third kappa shape index (κ3) is 3.87. The average molecular weight is 216 g/mol. The number of nitrogens with one attached hydrogen (secondary N) is 2. The van der Waals surface area contributed by atoms with Crippen LogP contribution in [0.1, 0.15) is 33.1 Å². The lowest BCUT2D eigenvalue weighted by molar-refractivity contribution is -0.148. The minimum Gasteiger partial charge on any atom is -0.480 e. The highest BCUT2D eigenvalue weighted by atomic mass is 16.4. The molecule has 0 saturated heterocycles. The Bertz CT molecular complexity index is 225. The second-order valence-electron chi connectivity index (χ2n) is 3.50. The molecule has 15 heavy (non-hydrogen) atoms. The fourth-order valence-corrected chi connectivity index (χ4v) is 1.35. The van der Waals surface area contributed by atoms with E-state index in [2.05, 4.69) is 10.6 Å². The van der Waals surface area contributed by atoms with Crippen molar-refractivity contribution in [2.24, 2.45) is 0 Å². The molecule has 0 bridgehead atoms. The van der Waals surface area contributed by atoms with Gasteiger partial charge in [0.1, 0.15) is 5.54 Å². The molecule has 0 aromatic carbocycles. The highest BCUT2D eigenvalue weighted by molar-refractivity contribution is 5.86. The quantitative estimate of drug-likeness (QED) is 0.574. The van der Waals surface area contributed by atoms with Gasteiger partial charge in [-0.05, 0) is 19.9 Å². The largest absolute Gasteiger partial charge is 0.480 e. The second-order valence-corrected chi connectivity index (χ2v) is 3.50. The van der Waals surface area contributed by atoms with Crippen LogP contribution in [0.2, 0.25) is 0 Å². The molecule has 88 valence electrons. The van der Waals surface area contributed by atoms with Crippen LogP contribution >= 0.6 is 0 Å². The third-order valence-corrected chi connectivity index (χ3v) is 2.60. The minimum atomic E-state index is -1.11. The third-order valence-electron chi connectivity index (χ3n) is 2.60. The van der Waals surface area contributed by atoms with E-state index in [1.807, 2.05) is 0 Å². The Hall–Kier alpha value is -1.10. The number of carboxylic acids is 1. The van der Waals surface area contributed by atoms with Crippen molar-refractivity contribution in [2.45, 2.75) is 38.6 Å². The van der Waals surface area contributed by atoms with Crippen LogP contribution in [0.4, 0.5) is 0 Å². The molecule has 0 rings (SSSR count). The Balaban J connectivity index is 4.40. The number of carbonyl (C=O) groups excluding carboxylic acids is 1. The maximum Gasteiger partial charge on any atom is 0.329 e. The Kier molecular flexibility index (Phi) is 5.93. The monoisotopic (exact) mass is 216 g/mol. The predicted molar refractivity (Wildman–Crippen MR) is 57.6 cm³/mol. The molecule has 0 heterocycles. The molecule has 0 saturated carbocycles. The van der Waals surface area contributed by atoms with Crippen molar-refractivity contribution in [1.29, 1.82) is 0 Å². The molecule has 0 aliphatic heterocycles. The van der Waals surface area contributed by atoms with E-state index in [1.54, 1.807) is 20.9 Å². The predicted octanol–water partition coefficient (Wildman–Crippen LogP) is 0.355. The summed E-state index contributed by atoms with van der Waals surface area (Å²) in [6, 6.07) is 0. The topological polar surface area (TPSA) is 78.4 Å². The molecule has 0 aromatic rings. The number of hydrogen-bond acceptors (Lipinski definition) is 3. The molecular weight excluding hydrogens is 196 g/mol. The molecule has 5 heteroatoms. The molecule has 0 aromatic heterocycles. The van der Waals surface area contributed by atoms with Gasteiger partial charge in [-0.1, -0.05) is 13.8 Å². The summed E-state index contributed by atoms with van der Waals surface area (Å²) >= 11 is 0. The van der Waals surface area contributed by atoms with E-state index < -0.39 is 11.5 Å². The first-order valence-electron chi connectivity index (χ1n) is 5.21. The van der Waals surface area contributed by atoms with Crippen molar-refractivity contribution >= 4 is 11.9 Å². The molecule has 0 spiro atoms. The summed E-state index contributed by atoms with van der Waals surface area (Å²) in [5.41, 5.74) is -1.11. The fraction of sp³-hybridized carbons (Fsp3) is 0.800. The van der Waals surface area contributed by atoms with Crippen molar-refractivity contribution in [1.82, 2.24) is 10.6 Å². The Morgan fingerprint density at radius 2 is 1.80 bits per heavy atom. The van der Waals surface area contributed by atoms with Gasteiger partial charge in [-0.15, -0.1) is 0 Å². The van der Waals surface area contributed by atoms with Crippen LogP contribution in [0.5, 0.6) is 0 Å². The molecule has 0 aliphatic rings. The molecular formula is C10H20N2O3. The lowest BCUT2D eigenvalue weighted by Crippen LogP contribution is -2.54. The first-order chi connectivity index (χ1) is 7.02. The van der Waals surface area contributed by atoms with Gasteiger partial charge in [0.2, 0.25) is 5.91 Å². The Morgan fingerprint density at radius 3 is 2.13 bits per heavy atom. The van der Waals surface area contributed by atoms with Crippen LogP contribution in [0, 0.1) is 0 Å². The minimum absolute atomic E-state index is 0.226. The number of carbonyl (C=O) groups is 2. The van der Waals surface area contributed by atoms with Crippen molar-refractivity contribution < 1.29 is 14.7 Å². The number of carboxylic acid groups (broad SMARTS) is 1. The second kappa shape index (κ2) is 6.40. The molecule has 0 radical (unpaired) electrons. The summed E-state index contributed by atoms with van der Waals surface area (Å²) in [4.78, 5) is 22.5. The molecule has 0 aliphatic carbocycles. The maximum absolute atomic E-state index is 11.4. The van der Waals surface area contributed by atoms with Crippen molar-refractivity contribution in [3.8, 4) is 0 Å². The number of hydrogen-bond donors (Lipinski definition) is 3. The van der Waals surface area contributed by atoms with Crippen LogP contribution < -0.4 is 10.6 Å². The van der Waals surface area contributed by atoms with Gasteiger partial charge in [-0.25, -0.2) is 4.79 Å². The van der Waals surface area contributed by atoms with Crippen molar-refractivity contribution in [3.05, 3.63) is 0 Å². The van der Waals surface area contributed by atoms with Crippen LogP contribution in [0.25, 0.3) is 0 Å². The summed E-state index contributed by atoms with van der Waals surface area (Å²) < 4.78 is 0. The Morgan fingerprint density at radius 1 is 1.27 bits per heavy atom. The van der Waals surface area contributed by atoms with Gasteiger partial charge >= 0.3 is 5.97 Å². The zero-order valence-electron chi connectivity index (χ0n) is 9.59. The number of aliphatic carboxylic acids is 1. The van der Waals surface area contributed by atoms with Crippen molar-refractivity contribution in [2.75, 3.05) is 13.6 Å². The standard InChI is InChI=1S/C10H20N2O3/c1-4-10(5-2,9(14)15)12-8(13)6-7-11-3/h11H,4-7H2,1-3H3,(H,12,13)(H,14,15). The average Bonchev–Trinajstić information content (AvgIpc) is 2.22. The zero-order valence-corrected chi connectivity index (χ0v) is 9.59. The molecule has 1 amide bonds. The smallest absolute Gasteiger partial charge is 0.329 e. The van der Waals surface area contributed by atoms with Crippen LogP contribution in [0.15, 0.2) is 0 Å². The van der Waals surface area contributed by atoms with Gasteiger partial charge in [-0.3, -0.25) is 4.79 Å². The normalized spacial score (nSPS) is 11.1. The highest BCUT2D eigenvalue weighted by Crippen LogP contribution is 2.15. The van der Waals surface area contributed by atoms with E-state index in [9.17, 15) is 9.59 Å². The first-order valence-corrected chi connectivity index (χ1v) is 5.21. The molecule has 3 N–H and O–H groups in total. The molecule has 5 nitrogen and oxygen atoms in total. The van der Waals surface area contributed by atoms with Gasteiger partial charge < -0.3 is 15.7 Å². The summed E-state index contributed by atoms with van der Waals surface area (Å²) in [7, 11) is 1.75. The van der Waals surface area contributed by atoms with E-state index in [4.69, 9.17) is 5.11 Å². The van der Waals surface area contributed by atoms with E-state index in [0.717, 1.165) is 0 Å². The SMILES string of the molecule is CCC(CC)(NC(=O)CCNC)C(=O)O. The van der Waals surface area contributed by atoms with E-state index in [1.165, 1.54) is 0 Å². The highest BCUT2D eigenvalue weighted by Gasteiger charge is 2.35. The van der Waals surface area contributed by atoms with Crippen LogP contribution in [0.3, 0.4) is 0 Å².